The lowest BCUT2D eigenvalue weighted by Gasteiger charge is -2.41. The fourth-order valence-corrected chi connectivity index (χ4v) is 5.34. The van der Waals surface area contributed by atoms with Crippen molar-refractivity contribution in [2.45, 2.75) is 99.1 Å². The molecule has 39 heavy (non-hydrogen) atoms. The highest BCUT2D eigenvalue weighted by Crippen LogP contribution is 2.42. The highest BCUT2D eigenvalue weighted by Gasteiger charge is 2.44. The lowest BCUT2D eigenvalue weighted by Crippen LogP contribution is -2.48. The number of ketones is 1. The van der Waals surface area contributed by atoms with Gasteiger partial charge in [0.1, 0.15) is 6.04 Å². The van der Waals surface area contributed by atoms with Crippen molar-refractivity contribution in [2.24, 2.45) is 11.3 Å². The van der Waals surface area contributed by atoms with Crippen LogP contribution in [0, 0.1) is 25.2 Å². The van der Waals surface area contributed by atoms with Crippen LogP contribution in [0.25, 0.3) is 0 Å². The number of aliphatic hydroxyl groups is 1. The highest BCUT2D eigenvalue weighted by atomic mass is 16.4. The summed E-state index contributed by atoms with van der Waals surface area (Å²) in [7, 11) is 1.50. The fourth-order valence-electron chi connectivity index (χ4n) is 5.34. The van der Waals surface area contributed by atoms with Gasteiger partial charge < -0.3 is 15.1 Å². The second-order valence-electron chi connectivity index (χ2n) is 12.3. The predicted octanol–water partition coefficient (Wildman–Crippen LogP) is 6.57. The standard InChI is InChI=1S/C33H47NO5/c1-12-33(13-2,25-15-17-27(21(4)19-25)29(36)34(11)23(6)30(37)38)24-14-16-26(20(3)18-24)28(35)22(5)32(10,39)31(7,8)9/h14-19,22-23,39H,12-13H2,1-11H3,(H,37,38). The molecule has 1 amide bonds. The first kappa shape index (κ1) is 32.2. The molecule has 214 valence electrons. The summed E-state index contributed by atoms with van der Waals surface area (Å²) in [5, 5.41) is 20.5. The average Bonchev–Trinajstić information content (AvgIpc) is 2.87. The van der Waals surface area contributed by atoms with Gasteiger partial charge in [0.05, 0.1) is 5.60 Å². The zero-order chi connectivity index (χ0) is 30.1. The number of carbonyl (C=O) groups excluding carboxylic acids is 2. The second-order valence-corrected chi connectivity index (χ2v) is 12.3. The number of aliphatic carboxylic acids is 1. The molecule has 0 saturated heterocycles. The number of aryl methyl sites for hydroxylation is 2. The molecule has 2 aromatic rings. The molecule has 2 rings (SSSR count). The van der Waals surface area contributed by atoms with Crippen molar-refractivity contribution in [2.75, 3.05) is 7.05 Å². The van der Waals surface area contributed by atoms with Gasteiger partial charge in [-0.05, 0) is 74.3 Å². The van der Waals surface area contributed by atoms with Crippen LogP contribution >= 0.6 is 0 Å². The van der Waals surface area contributed by atoms with Crippen molar-refractivity contribution in [3.8, 4) is 0 Å². The van der Waals surface area contributed by atoms with E-state index in [1.165, 1.54) is 18.9 Å². The Hall–Kier alpha value is -2.99. The van der Waals surface area contributed by atoms with Crippen LogP contribution in [0.1, 0.15) is 111 Å². The van der Waals surface area contributed by atoms with Crippen molar-refractivity contribution >= 4 is 17.7 Å². The van der Waals surface area contributed by atoms with E-state index < -0.39 is 28.9 Å². The van der Waals surface area contributed by atoms with E-state index in [-0.39, 0.29) is 17.1 Å². The summed E-state index contributed by atoms with van der Waals surface area (Å²) in [4.78, 5) is 39.1. The van der Waals surface area contributed by atoms with Gasteiger partial charge in [-0.3, -0.25) is 9.59 Å². The van der Waals surface area contributed by atoms with Crippen LogP contribution in [-0.2, 0) is 10.2 Å². The van der Waals surface area contributed by atoms with Crippen LogP contribution < -0.4 is 0 Å². The second kappa shape index (κ2) is 11.6. The molecular formula is C33H47NO5. The van der Waals surface area contributed by atoms with E-state index in [9.17, 15) is 24.6 Å². The molecule has 0 aromatic heterocycles. The molecule has 2 aromatic carbocycles. The minimum absolute atomic E-state index is 0.0732. The first-order chi connectivity index (χ1) is 17.9. The van der Waals surface area contributed by atoms with Crippen molar-refractivity contribution in [3.05, 3.63) is 69.8 Å². The largest absolute Gasteiger partial charge is 0.480 e. The van der Waals surface area contributed by atoms with Gasteiger partial charge in [0.15, 0.2) is 5.78 Å². The first-order valence-corrected chi connectivity index (χ1v) is 13.9. The maximum absolute atomic E-state index is 13.5. The number of hydrogen-bond donors (Lipinski definition) is 2. The molecule has 0 spiro atoms. The summed E-state index contributed by atoms with van der Waals surface area (Å²) in [5.74, 6) is -2.02. The molecule has 0 bridgehead atoms. The van der Waals surface area contributed by atoms with Gasteiger partial charge in [-0.1, -0.05) is 71.9 Å². The molecule has 0 radical (unpaired) electrons. The minimum atomic E-state index is -1.17. The smallest absolute Gasteiger partial charge is 0.326 e. The summed E-state index contributed by atoms with van der Waals surface area (Å²) >= 11 is 0. The van der Waals surface area contributed by atoms with Crippen LogP contribution in [0.4, 0.5) is 0 Å². The first-order valence-electron chi connectivity index (χ1n) is 13.9. The molecule has 0 aliphatic rings. The number of amides is 1. The molecule has 0 aliphatic heterocycles. The third-order valence-electron chi connectivity index (χ3n) is 9.27. The lowest BCUT2D eigenvalue weighted by atomic mass is 9.67. The zero-order valence-corrected chi connectivity index (χ0v) is 25.6. The summed E-state index contributed by atoms with van der Waals surface area (Å²) in [5.41, 5.74) is 2.95. The predicted molar refractivity (Wildman–Crippen MR) is 156 cm³/mol. The van der Waals surface area contributed by atoms with Crippen LogP contribution in [0.5, 0.6) is 0 Å². The number of Topliss-reactive ketones (excluding diaryl/α,β-unsaturated/α-hetero) is 1. The molecule has 6 heteroatoms. The van der Waals surface area contributed by atoms with E-state index in [4.69, 9.17) is 0 Å². The number of carboxylic acids is 1. The number of carboxylic acid groups (broad SMARTS) is 1. The molecule has 0 fully saturated rings. The Labute approximate surface area is 234 Å². The molecule has 2 N–H and O–H groups in total. The molecule has 3 atom stereocenters. The zero-order valence-electron chi connectivity index (χ0n) is 25.6. The Morgan fingerprint density at radius 3 is 1.64 bits per heavy atom. The Morgan fingerprint density at radius 1 is 0.846 bits per heavy atom. The topological polar surface area (TPSA) is 94.9 Å². The van der Waals surface area contributed by atoms with Crippen LogP contribution in [0.15, 0.2) is 36.4 Å². The lowest BCUT2D eigenvalue weighted by molar-refractivity contribution is -0.141. The summed E-state index contributed by atoms with van der Waals surface area (Å²) in [6.07, 6.45) is 1.63. The molecular weight excluding hydrogens is 490 g/mol. The summed E-state index contributed by atoms with van der Waals surface area (Å²) < 4.78 is 0. The average molecular weight is 538 g/mol. The summed E-state index contributed by atoms with van der Waals surface area (Å²) in [6.45, 7) is 18.9. The Kier molecular flexibility index (Phi) is 9.61. The minimum Gasteiger partial charge on any atom is -0.480 e. The van der Waals surface area contributed by atoms with E-state index in [0.717, 1.165) is 35.1 Å². The SMILES string of the molecule is CCC(CC)(c1ccc(C(=O)C(C)C(C)(O)C(C)(C)C)c(C)c1)c1ccc(C(=O)N(C)C(C)C(=O)O)c(C)c1. The van der Waals surface area contributed by atoms with Crippen LogP contribution in [-0.4, -0.2) is 51.5 Å². The third-order valence-corrected chi connectivity index (χ3v) is 9.27. The molecule has 0 aliphatic carbocycles. The van der Waals surface area contributed by atoms with E-state index in [1.807, 2.05) is 58.9 Å². The van der Waals surface area contributed by atoms with Crippen molar-refractivity contribution in [1.29, 1.82) is 0 Å². The number of hydrogen-bond acceptors (Lipinski definition) is 4. The number of likely N-dealkylation sites (N-methyl/N-ethyl adjacent to an activating group) is 1. The Balaban J connectivity index is 2.52. The number of rotatable bonds is 10. The fraction of sp³-hybridized carbons (Fsp3) is 0.545. The van der Waals surface area contributed by atoms with E-state index >= 15 is 0 Å². The van der Waals surface area contributed by atoms with E-state index in [1.54, 1.807) is 19.9 Å². The van der Waals surface area contributed by atoms with Gasteiger partial charge in [-0.25, -0.2) is 4.79 Å². The molecule has 3 unspecified atom stereocenters. The quantitative estimate of drug-likeness (QED) is 0.334. The Bertz CT molecular complexity index is 1230. The number of benzene rings is 2. The normalized spacial score (nSPS) is 15.3. The van der Waals surface area contributed by atoms with Gasteiger partial charge >= 0.3 is 5.97 Å². The van der Waals surface area contributed by atoms with Gasteiger partial charge in [0.2, 0.25) is 0 Å². The maximum Gasteiger partial charge on any atom is 0.326 e. The number of carbonyl (C=O) groups is 3. The summed E-state index contributed by atoms with van der Waals surface area (Å²) in [6, 6.07) is 10.8. The van der Waals surface area contributed by atoms with Crippen molar-refractivity contribution < 1.29 is 24.6 Å². The van der Waals surface area contributed by atoms with Crippen LogP contribution in [0.2, 0.25) is 0 Å². The van der Waals surface area contributed by atoms with Crippen LogP contribution in [0.3, 0.4) is 0 Å². The Morgan fingerprint density at radius 2 is 1.28 bits per heavy atom. The monoisotopic (exact) mass is 537 g/mol. The van der Waals surface area contributed by atoms with Gasteiger partial charge in [0, 0.05) is 29.5 Å². The molecule has 0 saturated carbocycles. The molecule has 6 nitrogen and oxygen atoms in total. The molecule has 0 heterocycles. The number of nitrogens with zero attached hydrogens (tertiary/aromatic N) is 1. The van der Waals surface area contributed by atoms with Gasteiger partial charge in [-0.2, -0.15) is 0 Å². The van der Waals surface area contributed by atoms with Crippen molar-refractivity contribution in [3.63, 3.8) is 0 Å². The van der Waals surface area contributed by atoms with Gasteiger partial charge in [0.25, 0.3) is 5.91 Å². The van der Waals surface area contributed by atoms with Gasteiger partial charge in [-0.15, -0.1) is 0 Å². The highest BCUT2D eigenvalue weighted by molar-refractivity contribution is 6.00. The maximum atomic E-state index is 13.5. The van der Waals surface area contributed by atoms with Crippen molar-refractivity contribution in [1.82, 2.24) is 4.90 Å². The van der Waals surface area contributed by atoms with E-state index in [0.29, 0.717) is 11.1 Å². The van der Waals surface area contributed by atoms with E-state index in [2.05, 4.69) is 19.9 Å². The third kappa shape index (κ3) is 5.96.